The van der Waals surface area contributed by atoms with E-state index in [0.29, 0.717) is 18.3 Å². The van der Waals surface area contributed by atoms with Crippen LogP contribution in [0.1, 0.15) is 19.4 Å². The van der Waals surface area contributed by atoms with Crippen LogP contribution in [0.3, 0.4) is 0 Å². The molecular weight excluding hydrogens is 204 g/mol. The third kappa shape index (κ3) is 3.34. The van der Waals surface area contributed by atoms with E-state index in [9.17, 15) is 0 Å². The van der Waals surface area contributed by atoms with E-state index in [-0.39, 0.29) is 0 Å². The molecule has 1 rings (SSSR count). The third-order valence-corrected chi connectivity index (χ3v) is 2.62. The molecule has 0 radical (unpaired) electrons. The number of anilines is 1. The maximum absolute atomic E-state index is 5.66. The molecular formula is C11H20N4O. The first-order chi connectivity index (χ1) is 7.69. The van der Waals surface area contributed by atoms with Gasteiger partial charge in [-0.3, -0.25) is 0 Å². The summed E-state index contributed by atoms with van der Waals surface area (Å²) in [5.41, 5.74) is 6.47. The van der Waals surface area contributed by atoms with Gasteiger partial charge in [-0.15, -0.1) is 0 Å². The molecule has 0 atom stereocenters. The number of nitrogens with two attached hydrogens (primary N) is 1. The Morgan fingerprint density at radius 2 is 2.00 bits per heavy atom. The van der Waals surface area contributed by atoms with Crippen LogP contribution in [0.4, 0.5) is 5.82 Å². The molecule has 16 heavy (non-hydrogen) atoms. The second-order valence-corrected chi connectivity index (χ2v) is 3.56. The van der Waals surface area contributed by atoms with Gasteiger partial charge in [0.15, 0.2) is 0 Å². The summed E-state index contributed by atoms with van der Waals surface area (Å²) >= 11 is 0. The molecule has 0 spiro atoms. The minimum atomic E-state index is 0.479. The van der Waals surface area contributed by atoms with E-state index in [4.69, 9.17) is 10.5 Å². The summed E-state index contributed by atoms with van der Waals surface area (Å²) in [6.07, 6.45) is 1.43. The number of ether oxygens (including phenoxy) is 1. The van der Waals surface area contributed by atoms with E-state index < -0.39 is 0 Å². The third-order valence-electron chi connectivity index (χ3n) is 2.62. The minimum absolute atomic E-state index is 0.479. The highest BCUT2D eigenvalue weighted by atomic mass is 16.5. The first-order valence-corrected chi connectivity index (χ1v) is 5.61. The maximum atomic E-state index is 5.66. The van der Waals surface area contributed by atoms with Gasteiger partial charge in [0.25, 0.3) is 0 Å². The van der Waals surface area contributed by atoms with E-state index >= 15 is 0 Å². The van der Waals surface area contributed by atoms with Crippen molar-refractivity contribution < 1.29 is 4.74 Å². The normalized spacial score (nSPS) is 10.8. The molecule has 1 aromatic heterocycles. The molecule has 0 bridgehead atoms. The van der Waals surface area contributed by atoms with E-state index in [1.54, 1.807) is 0 Å². The van der Waals surface area contributed by atoms with Gasteiger partial charge in [0, 0.05) is 6.54 Å². The zero-order chi connectivity index (χ0) is 12.0. The molecule has 0 aliphatic rings. The number of hydrogen-bond acceptors (Lipinski definition) is 5. The largest absolute Gasteiger partial charge is 0.476 e. The topological polar surface area (TPSA) is 64.3 Å². The smallest absolute Gasteiger partial charge is 0.221 e. The monoisotopic (exact) mass is 224 g/mol. The summed E-state index contributed by atoms with van der Waals surface area (Å²) in [6.45, 7) is 9.72. The van der Waals surface area contributed by atoms with Crippen LogP contribution >= 0.6 is 0 Å². The van der Waals surface area contributed by atoms with Gasteiger partial charge in [0.05, 0.1) is 5.56 Å². The molecule has 0 amide bonds. The van der Waals surface area contributed by atoms with Crippen LogP contribution in [0.2, 0.25) is 0 Å². The van der Waals surface area contributed by atoms with Crippen molar-refractivity contribution in [3.8, 4) is 5.88 Å². The van der Waals surface area contributed by atoms with Crippen LogP contribution in [-0.4, -0.2) is 41.1 Å². The summed E-state index contributed by atoms with van der Waals surface area (Å²) in [5.74, 6) is 1.06. The van der Waals surface area contributed by atoms with Crippen molar-refractivity contribution >= 4 is 5.82 Å². The molecule has 0 aromatic carbocycles. The van der Waals surface area contributed by atoms with Crippen LogP contribution in [0, 0.1) is 6.92 Å². The van der Waals surface area contributed by atoms with Gasteiger partial charge in [-0.2, -0.15) is 0 Å². The van der Waals surface area contributed by atoms with Crippen LogP contribution in [0.15, 0.2) is 6.33 Å². The number of nitrogens with zero attached hydrogens (tertiary/aromatic N) is 3. The Kier molecular flexibility index (Phi) is 4.98. The number of hydrogen-bond donors (Lipinski definition) is 1. The summed E-state index contributed by atoms with van der Waals surface area (Å²) in [4.78, 5) is 10.2. The number of likely N-dealkylation sites (N-methyl/N-ethyl adjacent to an activating group) is 1. The molecule has 1 aromatic rings. The van der Waals surface area contributed by atoms with Crippen molar-refractivity contribution in [3.05, 3.63) is 11.9 Å². The van der Waals surface area contributed by atoms with Gasteiger partial charge in [-0.05, 0) is 20.0 Å². The molecule has 2 N–H and O–H groups in total. The number of rotatable bonds is 6. The molecule has 0 aliphatic carbocycles. The lowest BCUT2D eigenvalue weighted by atomic mass is 10.3. The van der Waals surface area contributed by atoms with Gasteiger partial charge in [-0.1, -0.05) is 13.8 Å². The molecule has 0 unspecified atom stereocenters. The lowest BCUT2D eigenvalue weighted by Crippen LogP contribution is -2.28. The fourth-order valence-electron chi connectivity index (χ4n) is 1.40. The predicted molar refractivity (Wildman–Crippen MR) is 64.5 cm³/mol. The summed E-state index contributed by atoms with van der Waals surface area (Å²) in [5, 5.41) is 0. The summed E-state index contributed by atoms with van der Waals surface area (Å²) in [6, 6.07) is 0. The van der Waals surface area contributed by atoms with Gasteiger partial charge in [0.2, 0.25) is 5.88 Å². The molecule has 0 aliphatic heterocycles. The van der Waals surface area contributed by atoms with E-state index in [2.05, 4.69) is 28.7 Å². The van der Waals surface area contributed by atoms with E-state index in [1.165, 1.54) is 6.33 Å². The van der Waals surface area contributed by atoms with E-state index in [1.807, 2.05) is 6.92 Å². The van der Waals surface area contributed by atoms with Gasteiger partial charge >= 0.3 is 0 Å². The van der Waals surface area contributed by atoms with Crippen LogP contribution in [-0.2, 0) is 0 Å². The zero-order valence-corrected chi connectivity index (χ0v) is 10.2. The van der Waals surface area contributed by atoms with Crippen molar-refractivity contribution in [2.45, 2.75) is 20.8 Å². The van der Waals surface area contributed by atoms with Crippen molar-refractivity contribution in [1.82, 2.24) is 14.9 Å². The zero-order valence-electron chi connectivity index (χ0n) is 10.2. The molecule has 0 saturated carbocycles. The lowest BCUT2D eigenvalue weighted by Gasteiger charge is -2.18. The highest BCUT2D eigenvalue weighted by Gasteiger charge is 2.05. The van der Waals surface area contributed by atoms with E-state index in [0.717, 1.165) is 25.2 Å². The first-order valence-electron chi connectivity index (χ1n) is 5.61. The second-order valence-electron chi connectivity index (χ2n) is 3.56. The van der Waals surface area contributed by atoms with Crippen molar-refractivity contribution in [2.24, 2.45) is 0 Å². The second kappa shape index (κ2) is 6.27. The van der Waals surface area contributed by atoms with Gasteiger partial charge in [0.1, 0.15) is 18.8 Å². The van der Waals surface area contributed by atoms with Crippen LogP contribution in [0.5, 0.6) is 5.88 Å². The minimum Gasteiger partial charge on any atom is -0.476 e. The average Bonchev–Trinajstić information content (AvgIpc) is 2.30. The van der Waals surface area contributed by atoms with Crippen molar-refractivity contribution in [2.75, 3.05) is 32.0 Å². The van der Waals surface area contributed by atoms with Gasteiger partial charge in [-0.25, -0.2) is 9.97 Å². The Balaban J connectivity index is 2.46. The number of nitrogen functional groups attached to an aromatic ring is 1. The Bertz CT molecular complexity index is 326. The average molecular weight is 224 g/mol. The van der Waals surface area contributed by atoms with Crippen LogP contribution in [0.25, 0.3) is 0 Å². The highest BCUT2D eigenvalue weighted by molar-refractivity contribution is 5.42. The lowest BCUT2D eigenvalue weighted by molar-refractivity contribution is 0.217. The Labute approximate surface area is 96.6 Å². The quantitative estimate of drug-likeness (QED) is 0.783. The number of aromatic nitrogens is 2. The fraction of sp³-hybridized carbons (Fsp3) is 0.636. The highest BCUT2D eigenvalue weighted by Crippen LogP contribution is 2.17. The first kappa shape index (κ1) is 12.7. The molecule has 5 heteroatoms. The fourth-order valence-corrected chi connectivity index (χ4v) is 1.40. The van der Waals surface area contributed by atoms with Crippen LogP contribution < -0.4 is 10.5 Å². The molecule has 5 nitrogen and oxygen atoms in total. The van der Waals surface area contributed by atoms with Crippen molar-refractivity contribution in [1.29, 1.82) is 0 Å². The maximum Gasteiger partial charge on any atom is 0.221 e. The predicted octanol–water partition coefficient (Wildman–Crippen LogP) is 1.09. The summed E-state index contributed by atoms with van der Waals surface area (Å²) in [7, 11) is 0. The Morgan fingerprint density at radius 1 is 1.31 bits per heavy atom. The van der Waals surface area contributed by atoms with Crippen molar-refractivity contribution in [3.63, 3.8) is 0 Å². The van der Waals surface area contributed by atoms with Gasteiger partial charge < -0.3 is 15.4 Å². The molecule has 0 saturated heterocycles. The SMILES string of the molecule is CCN(CC)CCOc1ncnc(N)c1C. The standard InChI is InChI=1S/C11H20N4O/c1-4-15(5-2)6-7-16-11-9(3)10(12)13-8-14-11/h8H,4-7H2,1-3H3,(H2,12,13,14). The molecule has 0 fully saturated rings. The molecule has 90 valence electrons. The molecule has 1 heterocycles. The summed E-state index contributed by atoms with van der Waals surface area (Å²) < 4.78 is 5.58. The Hall–Kier alpha value is -1.36. The Morgan fingerprint density at radius 3 is 2.62 bits per heavy atom.